The first kappa shape index (κ1) is 14.1. The molecule has 2 aromatic heterocycles. The highest BCUT2D eigenvalue weighted by molar-refractivity contribution is 6.17. The normalized spacial score (nSPS) is 11.2. The van der Waals surface area contributed by atoms with Gasteiger partial charge in [0.15, 0.2) is 0 Å². The molecule has 0 unspecified atom stereocenters. The van der Waals surface area contributed by atoms with E-state index in [9.17, 15) is 0 Å². The molecule has 0 bridgehead atoms. The Kier molecular flexibility index (Phi) is 3.93. The van der Waals surface area contributed by atoms with Gasteiger partial charge in [0, 0.05) is 31.2 Å². The molecule has 3 aromatic rings. The molecule has 1 aromatic carbocycles. The van der Waals surface area contributed by atoms with Gasteiger partial charge in [-0.3, -0.25) is 4.98 Å². The van der Waals surface area contributed by atoms with E-state index in [2.05, 4.69) is 47.7 Å². The number of nitrogens with zero attached hydrogens (tertiary/aromatic N) is 3. The van der Waals surface area contributed by atoms with Gasteiger partial charge in [0.2, 0.25) is 0 Å². The number of halogens is 1. The van der Waals surface area contributed by atoms with Gasteiger partial charge >= 0.3 is 0 Å². The van der Waals surface area contributed by atoms with Crippen LogP contribution in [-0.4, -0.2) is 20.4 Å². The Morgan fingerprint density at radius 2 is 2.05 bits per heavy atom. The lowest BCUT2D eigenvalue weighted by Gasteiger charge is -2.10. The van der Waals surface area contributed by atoms with Gasteiger partial charge in [-0.15, -0.1) is 11.6 Å². The van der Waals surface area contributed by atoms with Crippen LogP contribution >= 0.6 is 11.6 Å². The Balaban J connectivity index is 2.11. The van der Waals surface area contributed by atoms with Crippen LogP contribution < -0.4 is 0 Å². The van der Waals surface area contributed by atoms with E-state index in [0.717, 1.165) is 29.8 Å². The van der Waals surface area contributed by atoms with Crippen LogP contribution in [0.2, 0.25) is 0 Å². The molecule has 0 aliphatic rings. The zero-order valence-electron chi connectivity index (χ0n) is 12.3. The number of fused-ring (bicyclic) bond motifs is 1. The average molecular weight is 300 g/mol. The molecule has 4 heteroatoms. The maximum absolute atomic E-state index is 5.94. The fraction of sp³-hybridized carbons (Fsp3) is 0.294. The third kappa shape index (κ3) is 2.79. The third-order valence-corrected chi connectivity index (χ3v) is 3.95. The molecule has 0 N–H and O–H groups in total. The van der Waals surface area contributed by atoms with Crippen molar-refractivity contribution in [2.45, 2.75) is 26.8 Å². The molecule has 3 rings (SSSR count). The Labute approximate surface area is 129 Å². The van der Waals surface area contributed by atoms with Crippen molar-refractivity contribution in [2.75, 3.05) is 5.88 Å². The van der Waals surface area contributed by atoms with Crippen molar-refractivity contribution in [1.29, 1.82) is 0 Å². The predicted molar refractivity (Wildman–Crippen MR) is 87.0 cm³/mol. The van der Waals surface area contributed by atoms with E-state index in [0.29, 0.717) is 5.88 Å². The molecule has 0 atom stereocenters. The van der Waals surface area contributed by atoms with Gasteiger partial charge in [0.1, 0.15) is 5.82 Å². The number of imidazole rings is 1. The van der Waals surface area contributed by atoms with Crippen LogP contribution in [0.3, 0.4) is 0 Å². The van der Waals surface area contributed by atoms with Gasteiger partial charge in [-0.2, -0.15) is 0 Å². The number of hydrogen-bond donors (Lipinski definition) is 0. The standard InChI is InChI=1S/C17H18ClN3/c1-12-3-4-16-15(9-12)20-17(5-7-18)21(16)11-14-6-8-19-10-13(14)2/h3-4,6,8-10H,5,7,11H2,1-2H3. The summed E-state index contributed by atoms with van der Waals surface area (Å²) in [6.45, 7) is 4.99. The number of aryl methyl sites for hydroxylation is 3. The lowest BCUT2D eigenvalue weighted by atomic mass is 10.1. The van der Waals surface area contributed by atoms with Crippen LogP contribution in [0.15, 0.2) is 36.7 Å². The first-order valence-corrected chi connectivity index (χ1v) is 7.63. The molecule has 0 aliphatic heterocycles. The second-order valence-electron chi connectivity index (χ2n) is 5.35. The Hall–Kier alpha value is -1.87. The first-order chi connectivity index (χ1) is 10.2. The molecular formula is C17H18ClN3. The summed E-state index contributed by atoms with van der Waals surface area (Å²) in [4.78, 5) is 8.91. The molecule has 108 valence electrons. The van der Waals surface area contributed by atoms with Crippen LogP contribution in [0.4, 0.5) is 0 Å². The monoisotopic (exact) mass is 299 g/mol. The zero-order chi connectivity index (χ0) is 14.8. The highest BCUT2D eigenvalue weighted by Crippen LogP contribution is 2.21. The summed E-state index contributed by atoms with van der Waals surface area (Å²) in [6.07, 6.45) is 4.52. The molecule has 0 aliphatic carbocycles. The summed E-state index contributed by atoms with van der Waals surface area (Å²) in [5, 5.41) is 0. The van der Waals surface area contributed by atoms with Crippen molar-refractivity contribution in [2.24, 2.45) is 0 Å². The molecular weight excluding hydrogens is 282 g/mol. The summed E-state index contributed by atoms with van der Waals surface area (Å²) < 4.78 is 2.26. The highest BCUT2D eigenvalue weighted by atomic mass is 35.5. The number of hydrogen-bond acceptors (Lipinski definition) is 2. The van der Waals surface area contributed by atoms with E-state index in [4.69, 9.17) is 16.6 Å². The van der Waals surface area contributed by atoms with Gasteiger partial charge in [0.05, 0.1) is 11.0 Å². The molecule has 3 nitrogen and oxygen atoms in total. The molecule has 0 amide bonds. The number of pyridine rings is 1. The fourth-order valence-electron chi connectivity index (χ4n) is 2.59. The Morgan fingerprint density at radius 1 is 1.19 bits per heavy atom. The van der Waals surface area contributed by atoms with Crippen LogP contribution in [0.5, 0.6) is 0 Å². The smallest absolute Gasteiger partial charge is 0.111 e. The van der Waals surface area contributed by atoms with Crippen LogP contribution in [0, 0.1) is 13.8 Å². The van der Waals surface area contributed by atoms with Gasteiger partial charge in [-0.05, 0) is 48.7 Å². The molecule has 0 spiro atoms. The average Bonchev–Trinajstić information content (AvgIpc) is 2.79. The summed E-state index contributed by atoms with van der Waals surface area (Å²) in [7, 11) is 0. The molecule has 0 saturated carbocycles. The molecule has 0 fully saturated rings. The second-order valence-corrected chi connectivity index (χ2v) is 5.73. The summed E-state index contributed by atoms with van der Waals surface area (Å²) in [5.41, 5.74) is 5.90. The van der Waals surface area contributed by atoms with Crippen LogP contribution in [0.25, 0.3) is 11.0 Å². The van der Waals surface area contributed by atoms with Gasteiger partial charge in [-0.25, -0.2) is 4.98 Å². The van der Waals surface area contributed by atoms with E-state index in [1.165, 1.54) is 16.7 Å². The van der Waals surface area contributed by atoms with E-state index in [1.54, 1.807) is 0 Å². The third-order valence-electron chi connectivity index (χ3n) is 3.77. The summed E-state index contributed by atoms with van der Waals surface area (Å²) >= 11 is 5.94. The zero-order valence-corrected chi connectivity index (χ0v) is 13.1. The predicted octanol–water partition coefficient (Wildman–Crippen LogP) is 3.88. The molecule has 0 saturated heterocycles. The molecule has 0 radical (unpaired) electrons. The van der Waals surface area contributed by atoms with Crippen molar-refractivity contribution in [1.82, 2.24) is 14.5 Å². The van der Waals surface area contributed by atoms with Crippen molar-refractivity contribution < 1.29 is 0 Å². The number of alkyl halides is 1. The summed E-state index contributed by atoms with van der Waals surface area (Å²) in [6, 6.07) is 8.47. The van der Waals surface area contributed by atoms with Gasteiger partial charge < -0.3 is 4.57 Å². The maximum atomic E-state index is 5.94. The molecule has 2 heterocycles. The minimum Gasteiger partial charge on any atom is -0.323 e. The van der Waals surface area contributed by atoms with E-state index < -0.39 is 0 Å². The molecule has 21 heavy (non-hydrogen) atoms. The van der Waals surface area contributed by atoms with Crippen LogP contribution in [-0.2, 0) is 13.0 Å². The van der Waals surface area contributed by atoms with Crippen LogP contribution in [0.1, 0.15) is 22.5 Å². The second kappa shape index (κ2) is 5.86. The minimum atomic E-state index is 0.581. The Morgan fingerprint density at radius 3 is 2.81 bits per heavy atom. The lowest BCUT2D eigenvalue weighted by Crippen LogP contribution is -2.07. The van der Waals surface area contributed by atoms with Gasteiger partial charge in [-0.1, -0.05) is 6.07 Å². The largest absolute Gasteiger partial charge is 0.323 e. The summed E-state index contributed by atoms with van der Waals surface area (Å²) in [5.74, 6) is 1.62. The number of rotatable bonds is 4. The van der Waals surface area contributed by atoms with E-state index in [1.807, 2.05) is 12.4 Å². The van der Waals surface area contributed by atoms with Crippen molar-refractivity contribution in [3.05, 3.63) is 59.2 Å². The van der Waals surface area contributed by atoms with E-state index >= 15 is 0 Å². The van der Waals surface area contributed by atoms with Gasteiger partial charge in [0.25, 0.3) is 0 Å². The number of aromatic nitrogens is 3. The SMILES string of the molecule is Cc1ccc2c(c1)nc(CCCl)n2Cc1ccncc1C. The minimum absolute atomic E-state index is 0.581. The van der Waals surface area contributed by atoms with E-state index in [-0.39, 0.29) is 0 Å². The lowest BCUT2D eigenvalue weighted by molar-refractivity contribution is 0.750. The van der Waals surface area contributed by atoms with Crippen molar-refractivity contribution >= 4 is 22.6 Å². The maximum Gasteiger partial charge on any atom is 0.111 e. The topological polar surface area (TPSA) is 30.7 Å². The first-order valence-electron chi connectivity index (χ1n) is 7.10. The van der Waals surface area contributed by atoms with Crippen molar-refractivity contribution in [3.63, 3.8) is 0 Å². The Bertz CT molecular complexity index is 777. The highest BCUT2D eigenvalue weighted by Gasteiger charge is 2.11. The quantitative estimate of drug-likeness (QED) is 0.685. The fourth-order valence-corrected chi connectivity index (χ4v) is 2.76. The number of benzene rings is 1. The van der Waals surface area contributed by atoms with Crippen molar-refractivity contribution in [3.8, 4) is 0 Å².